The van der Waals surface area contributed by atoms with Gasteiger partial charge in [-0.2, -0.15) is 0 Å². The monoisotopic (exact) mass is 210 g/mol. The van der Waals surface area contributed by atoms with Gasteiger partial charge in [-0.3, -0.25) is 0 Å². The zero-order valence-electron chi connectivity index (χ0n) is 7.08. The lowest BCUT2D eigenvalue weighted by Crippen LogP contribution is -1.83. The molecule has 1 aromatic heterocycles. The van der Waals surface area contributed by atoms with Gasteiger partial charge in [0.1, 0.15) is 10.7 Å². The lowest BCUT2D eigenvalue weighted by molar-refractivity contribution is 0.147. The molecule has 0 atom stereocenters. The van der Waals surface area contributed by atoms with Crippen LogP contribution in [0.2, 0.25) is 0 Å². The molecule has 0 aliphatic carbocycles. The van der Waals surface area contributed by atoms with Crippen LogP contribution in [0.15, 0.2) is 29.6 Å². The Morgan fingerprint density at radius 2 is 2.00 bits per heavy atom. The van der Waals surface area contributed by atoms with Crippen LogP contribution in [0.5, 0.6) is 0 Å². The van der Waals surface area contributed by atoms with Crippen LogP contribution in [0.1, 0.15) is 12.1 Å². The second-order valence-corrected chi connectivity index (χ2v) is 3.52. The average Bonchev–Trinajstić information content (AvgIpc) is 2.68. The number of benzene rings is 1. The summed E-state index contributed by atoms with van der Waals surface area (Å²) in [5.41, 5.74) is 0.693. The highest BCUT2D eigenvalue weighted by Crippen LogP contribution is 2.27. The molecule has 14 heavy (non-hydrogen) atoms. The van der Waals surface area contributed by atoms with Crippen LogP contribution < -0.4 is 0 Å². The van der Waals surface area contributed by atoms with E-state index in [1.165, 1.54) is 16.7 Å². The number of rotatable bonds is 2. The van der Waals surface area contributed by atoms with Gasteiger partial charge in [-0.05, 0) is 6.07 Å². The molecule has 1 radical (unpaired) electrons. The highest BCUT2D eigenvalue weighted by molar-refractivity contribution is 7.13. The van der Waals surface area contributed by atoms with E-state index in [1.54, 1.807) is 24.3 Å². The molecule has 2 aromatic rings. The van der Waals surface area contributed by atoms with Crippen molar-refractivity contribution >= 4 is 11.3 Å². The third kappa shape index (κ3) is 1.80. The van der Waals surface area contributed by atoms with Crippen molar-refractivity contribution in [3.8, 4) is 10.6 Å². The van der Waals surface area contributed by atoms with Crippen molar-refractivity contribution < 1.29 is 8.78 Å². The Kier molecular flexibility index (Phi) is 2.54. The van der Waals surface area contributed by atoms with Gasteiger partial charge < -0.3 is 0 Å². The number of nitrogens with zero attached hydrogens (tertiary/aromatic N) is 1. The third-order valence-electron chi connectivity index (χ3n) is 1.71. The SMILES string of the molecule is FC(F)c1csc(-c2cc[c]cc2)n1. The Hall–Kier alpha value is -1.29. The third-order valence-corrected chi connectivity index (χ3v) is 2.62. The van der Waals surface area contributed by atoms with E-state index in [9.17, 15) is 8.78 Å². The quantitative estimate of drug-likeness (QED) is 0.738. The number of hydrogen-bond acceptors (Lipinski definition) is 2. The van der Waals surface area contributed by atoms with E-state index in [2.05, 4.69) is 11.1 Å². The first-order valence-electron chi connectivity index (χ1n) is 3.97. The second kappa shape index (κ2) is 3.84. The number of alkyl halides is 2. The van der Waals surface area contributed by atoms with Crippen LogP contribution in [0.3, 0.4) is 0 Å². The van der Waals surface area contributed by atoms with Gasteiger partial charge >= 0.3 is 0 Å². The predicted octanol–water partition coefficient (Wildman–Crippen LogP) is 3.55. The van der Waals surface area contributed by atoms with Crippen LogP contribution in [0.4, 0.5) is 8.78 Å². The van der Waals surface area contributed by atoms with Crippen LogP contribution in [-0.2, 0) is 0 Å². The number of thiazole rings is 1. The van der Waals surface area contributed by atoms with Crippen LogP contribution >= 0.6 is 11.3 Å². The van der Waals surface area contributed by atoms with E-state index in [0.717, 1.165) is 5.56 Å². The van der Waals surface area contributed by atoms with E-state index in [-0.39, 0.29) is 5.69 Å². The minimum Gasteiger partial charge on any atom is -0.235 e. The number of aromatic nitrogens is 1. The summed E-state index contributed by atoms with van der Waals surface area (Å²) in [6.45, 7) is 0. The van der Waals surface area contributed by atoms with Crippen LogP contribution in [0.25, 0.3) is 10.6 Å². The Bertz CT molecular complexity index is 411. The zero-order chi connectivity index (χ0) is 9.97. The molecule has 71 valence electrons. The van der Waals surface area contributed by atoms with Crippen molar-refractivity contribution in [3.63, 3.8) is 0 Å². The summed E-state index contributed by atoms with van der Waals surface area (Å²) in [4.78, 5) is 3.83. The van der Waals surface area contributed by atoms with Crippen molar-refractivity contribution in [1.29, 1.82) is 0 Å². The Balaban J connectivity index is 2.34. The summed E-state index contributed by atoms with van der Waals surface area (Å²) in [5, 5.41) is 2.01. The normalized spacial score (nSPS) is 10.8. The summed E-state index contributed by atoms with van der Waals surface area (Å²) in [6, 6.07) is 9.93. The summed E-state index contributed by atoms with van der Waals surface area (Å²) >= 11 is 1.23. The Morgan fingerprint density at radius 1 is 1.29 bits per heavy atom. The number of hydrogen-bond donors (Lipinski definition) is 0. The fourth-order valence-electron chi connectivity index (χ4n) is 1.05. The summed E-state index contributed by atoms with van der Waals surface area (Å²) in [6.07, 6.45) is -2.49. The maximum atomic E-state index is 12.2. The van der Waals surface area contributed by atoms with Crippen molar-refractivity contribution in [1.82, 2.24) is 4.98 Å². The molecule has 0 amide bonds. The smallest absolute Gasteiger partial charge is 0.235 e. The molecule has 2 rings (SSSR count). The molecule has 0 fully saturated rings. The standard InChI is InChI=1S/C10H6F2NS/c11-9(12)8-6-14-10(13-8)7-4-2-1-3-5-7/h2-6,9H. The van der Waals surface area contributed by atoms with Gasteiger partial charge in [0.25, 0.3) is 6.43 Å². The molecule has 1 aromatic carbocycles. The van der Waals surface area contributed by atoms with Gasteiger partial charge in [0.15, 0.2) is 0 Å². The average molecular weight is 210 g/mol. The minimum absolute atomic E-state index is 0.155. The fraction of sp³-hybridized carbons (Fsp3) is 0.100. The maximum Gasteiger partial charge on any atom is 0.281 e. The topological polar surface area (TPSA) is 12.9 Å². The largest absolute Gasteiger partial charge is 0.281 e. The minimum atomic E-state index is -2.49. The van der Waals surface area contributed by atoms with Crippen molar-refractivity contribution in [2.75, 3.05) is 0 Å². The van der Waals surface area contributed by atoms with Crippen LogP contribution in [-0.4, -0.2) is 4.98 Å². The Morgan fingerprint density at radius 3 is 2.57 bits per heavy atom. The van der Waals surface area contributed by atoms with Gasteiger partial charge in [0.05, 0.1) is 0 Å². The molecule has 1 nitrogen and oxygen atoms in total. The van der Waals surface area contributed by atoms with Crippen LogP contribution in [0, 0.1) is 6.07 Å². The molecular weight excluding hydrogens is 204 g/mol. The molecular formula is C10H6F2NS. The van der Waals surface area contributed by atoms with Gasteiger partial charge in [-0.15, -0.1) is 11.3 Å². The molecule has 1 heterocycles. The Labute approximate surface area is 84.0 Å². The maximum absolute atomic E-state index is 12.2. The molecule has 0 unspecified atom stereocenters. The first kappa shape index (κ1) is 9.27. The summed E-state index contributed by atoms with van der Waals surface area (Å²) in [7, 11) is 0. The first-order chi connectivity index (χ1) is 6.77. The zero-order valence-corrected chi connectivity index (χ0v) is 7.89. The summed E-state index contributed by atoms with van der Waals surface area (Å²) < 4.78 is 24.5. The predicted molar refractivity (Wildman–Crippen MR) is 51.3 cm³/mol. The lowest BCUT2D eigenvalue weighted by Gasteiger charge is -1.93. The molecule has 0 saturated carbocycles. The second-order valence-electron chi connectivity index (χ2n) is 2.67. The highest BCUT2D eigenvalue weighted by Gasteiger charge is 2.12. The van der Waals surface area contributed by atoms with E-state index in [1.807, 2.05) is 0 Å². The lowest BCUT2D eigenvalue weighted by atomic mass is 10.2. The molecule has 0 bridgehead atoms. The van der Waals surface area contributed by atoms with Crippen molar-refractivity contribution in [3.05, 3.63) is 41.4 Å². The van der Waals surface area contributed by atoms with Gasteiger partial charge in [-0.1, -0.05) is 24.3 Å². The van der Waals surface area contributed by atoms with E-state index < -0.39 is 6.43 Å². The fourth-order valence-corrected chi connectivity index (χ4v) is 1.87. The van der Waals surface area contributed by atoms with E-state index >= 15 is 0 Å². The molecule has 0 spiro atoms. The molecule has 0 saturated heterocycles. The van der Waals surface area contributed by atoms with Crippen molar-refractivity contribution in [2.24, 2.45) is 0 Å². The van der Waals surface area contributed by atoms with Gasteiger partial charge in [-0.25, -0.2) is 13.8 Å². The molecule has 0 N–H and O–H groups in total. The molecule has 4 heteroatoms. The molecule has 0 aliphatic heterocycles. The number of halogens is 2. The van der Waals surface area contributed by atoms with Crippen molar-refractivity contribution in [2.45, 2.75) is 6.43 Å². The first-order valence-corrected chi connectivity index (χ1v) is 4.85. The van der Waals surface area contributed by atoms with E-state index in [0.29, 0.717) is 5.01 Å². The van der Waals surface area contributed by atoms with Gasteiger partial charge in [0, 0.05) is 10.9 Å². The van der Waals surface area contributed by atoms with E-state index in [4.69, 9.17) is 0 Å². The summed E-state index contributed by atoms with van der Waals surface area (Å²) in [5.74, 6) is 0. The highest BCUT2D eigenvalue weighted by atomic mass is 32.1. The van der Waals surface area contributed by atoms with Gasteiger partial charge in [0.2, 0.25) is 0 Å². The molecule has 0 aliphatic rings.